The fourth-order valence-corrected chi connectivity index (χ4v) is 3.62. The second-order valence-corrected chi connectivity index (χ2v) is 5.92. The molecule has 1 aromatic rings. The molecule has 0 radical (unpaired) electrons. The van der Waals surface area contributed by atoms with E-state index in [-0.39, 0.29) is 5.78 Å². The maximum atomic E-state index is 11.9. The molecule has 2 heterocycles. The van der Waals surface area contributed by atoms with Crippen LogP contribution in [0.3, 0.4) is 0 Å². The van der Waals surface area contributed by atoms with E-state index in [0.717, 1.165) is 18.1 Å². The van der Waals surface area contributed by atoms with Gasteiger partial charge in [0, 0.05) is 30.5 Å². The van der Waals surface area contributed by atoms with E-state index in [1.807, 2.05) is 17.1 Å². The molecule has 1 unspecified atom stereocenters. The molecule has 2 nitrogen and oxygen atoms in total. The van der Waals surface area contributed by atoms with Crippen LogP contribution in [0, 0.1) is 0 Å². The zero-order chi connectivity index (χ0) is 10.7. The molecule has 2 rings (SSSR count). The number of hydrogen-bond donors (Lipinski definition) is 1. The Morgan fingerprint density at radius 2 is 2.53 bits per heavy atom. The zero-order valence-corrected chi connectivity index (χ0v) is 10.6. The Bertz CT molecular complexity index is 347. The molecule has 0 spiro atoms. The van der Waals surface area contributed by atoms with Crippen LogP contribution in [0.25, 0.3) is 0 Å². The highest BCUT2D eigenvalue weighted by atomic mass is 35.5. The van der Waals surface area contributed by atoms with Gasteiger partial charge >= 0.3 is 0 Å². The van der Waals surface area contributed by atoms with E-state index in [1.54, 1.807) is 6.07 Å². The van der Waals surface area contributed by atoms with Crippen molar-refractivity contribution in [3.05, 3.63) is 21.3 Å². The number of carbonyl (C=O) groups excluding carboxylic acids is 1. The van der Waals surface area contributed by atoms with Crippen LogP contribution >= 0.6 is 34.7 Å². The van der Waals surface area contributed by atoms with Crippen molar-refractivity contribution in [1.29, 1.82) is 0 Å². The SMILES string of the molecule is O=C(CC1CSCCN1)c1sccc1Cl. The maximum absolute atomic E-state index is 11.9. The number of hydrogen-bond acceptors (Lipinski definition) is 4. The third kappa shape index (κ3) is 2.97. The van der Waals surface area contributed by atoms with E-state index in [9.17, 15) is 4.79 Å². The van der Waals surface area contributed by atoms with Crippen LogP contribution in [0.5, 0.6) is 0 Å². The van der Waals surface area contributed by atoms with Crippen molar-refractivity contribution in [3.63, 3.8) is 0 Å². The van der Waals surface area contributed by atoms with Gasteiger partial charge in [-0.15, -0.1) is 11.3 Å². The summed E-state index contributed by atoms with van der Waals surface area (Å²) in [6.07, 6.45) is 0.563. The summed E-state index contributed by atoms with van der Waals surface area (Å²) in [5, 5.41) is 5.80. The molecular weight excluding hydrogens is 250 g/mol. The molecular formula is C10H12ClNOS2. The molecule has 0 amide bonds. The van der Waals surface area contributed by atoms with Crippen molar-refractivity contribution in [2.45, 2.75) is 12.5 Å². The summed E-state index contributed by atoms with van der Waals surface area (Å²) in [5.41, 5.74) is 0. The summed E-state index contributed by atoms with van der Waals surface area (Å²) in [6.45, 7) is 1.00. The van der Waals surface area contributed by atoms with Gasteiger partial charge in [0.2, 0.25) is 0 Å². The number of nitrogens with one attached hydrogen (secondary N) is 1. The molecule has 0 bridgehead atoms. The molecule has 0 saturated carbocycles. The molecule has 1 aromatic heterocycles. The highest BCUT2D eigenvalue weighted by molar-refractivity contribution is 7.99. The van der Waals surface area contributed by atoms with Crippen molar-refractivity contribution >= 4 is 40.5 Å². The number of ketones is 1. The predicted octanol–water partition coefficient (Wildman–Crippen LogP) is 2.68. The molecule has 0 aliphatic carbocycles. The molecule has 1 saturated heterocycles. The standard InChI is InChI=1S/C10H12ClNOS2/c11-8-1-3-15-10(8)9(13)5-7-6-14-4-2-12-7/h1,3,7,12H,2,4-6H2. The van der Waals surface area contributed by atoms with Gasteiger partial charge in [-0.05, 0) is 11.4 Å². The molecule has 5 heteroatoms. The zero-order valence-electron chi connectivity index (χ0n) is 8.16. The fourth-order valence-electron chi connectivity index (χ4n) is 1.56. The van der Waals surface area contributed by atoms with Crippen molar-refractivity contribution in [1.82, 2.24) is 5.32 Å². The number of carbonyl (C=O) groups is 1. The minimum atomic E-state index is 0.162. The van der Waals surface area contributed by atoms with Gasteiger partial charge in [-0.25, -0.2) is 0 Å². The molecule has 1 N–H and O–H groups in total. The summed E-state index contributed by atoms with van der Waals surface area (Å²) in [7, 11) is 0. The maximum Gasteiger partial charge on any atom is 0.175 e. The van der Waals surface area contributed by atoms with Gasteiger partial charge in [0.25, 0.3) is 0 Å². The van der Waals surface area contributed by atoms with Crippen LogP contribution < -0.4 is 5.32 Å². The number of thiophene rings is 1. The van der Waals surface area contributed by atoms with Gasteiger partial charge < -0.3 is 5.32 Å². The lowest BCUT2D eigenvalue weighted by Crippen LogP contribution is -2.38. The summed E-state index contributed by atoms with van der Waals surface area (Å²) in [6, 6.07) is 2.09. The van der Waals surface area contributed by atoms with E-state index >= 15 is 0 Å². The van der Waals surface area contributed by atoms with Gasteiger partial charge in [-0.1, -0.05) is 11.6 Å². The Labute approximate surface area is 102 Å². The van der Waals surface area contributed by atoms with Gasteiger partial charge in [0.05, 0.1) is 9.90 Å². The molecule has 1 atom stereocenters. The summed E-state index contributed by atoms with van der Waals surface area (Å²) in [5.74, 6) is 2.33. The van der Waals surface area contributed by atoms with Gasteiger partial charge in [0.15, 0.2) is 5.78 Å². The lowest BCUT2D eigenvalue weighted by atomic mass is 10.1. The van der Waals surface area contributed by atoms with Gasteiger partial charge in [-0.2, -0.15) is 11.8 Å². The van der Waals surface area contributed by atoms with Crippen LogP contribution in [-0.2, 0) is 0 Å². The van der Waals surface area contributed by atoms with Crippen molar-refractivity contribution in [2.75, 3.05) is 18.1 Å². The van der Waals surface area contributed by atoms with E-state index in [4.69, 9.17) is 11.6 Å². The Balaban J connectivity index is 1.94. The number of thioether (sulfide) groups is 1. The highest BCUT2D eigenvalue weighted by Crippen LogP contribution is 2.24. The fraction of sp³-hybridized carbons (Fsp3) is 0.500. The summed E-state index contributed by atoms with van der Waals surface area (Å²) in [4.78, 5) is 12.6. The van der Waals surface area contributed by atoms with Crippen molar-refractivity contribution in [3.8, 4) is 0 Å². The van der Waals surface area contributed by atoms with Gasteiger partial charge in [0.1, 0.15) is 0 Å². The molecule has 1 aliphatic rings. The topological polar surface area (TPSA) is 29.1 Å². The smallest absolute Gasteiger partial charge is 0.175 e. The van der Waals surface area contributed by atoms with Crippen LogP contribution in [0.2, 0.25) is 5.02 Å². The number of Topliss-reactive ketones (excluding diaryl/α,β-unsaturated/α-hetero) is 1. The first kappa shape index (κ1) is 11.5. The first-order valence-electron chi connectivity index (χ1n) is 4.84. The Morgan fingerprint density at radius 1 is 1.67 bits per heavy atom. The van der Waals surface area contributed by atoms with Crippen LogP contribution in [0.4, 0.5) is 0 Å². The average Bonchev–Trinajstić information content (AvgIpc) is 2.66. The summed E-state index contributed by atoms with van der Waals surface area (Å²) < 4.78 is 0. The first-order chi connectivity index (χ1) is 7.27. The Hall–Kier alpha value is -0.0300. The first-order valence-corrected chi connectivity index (χ1v) is 7.26. The Kier molecular flexibility index (Phi) is 4.08. The van der Waals surface area contributed by atoms with E-state index in [2.05, 4.69) is 5.32 Å². The van der Waals surface area contributed by atoms with Crippen LogP contribution in [0.15, 0.2) is 11.4 Å². The predicted molar refractivity (Wildman–Crippen MR) is 67.4 cm³/mol. The summed E-state index contributed by atoms with van der Waals surface area (Å²) >= 11 is 9.25. The average molecular weight is 262 g/mol. The molecule has 82 valence electrons. The number of rotatable bonds is 3. The lowest BCUT2D eigenvalue weighted by molar-refractivity contribution is 0.0976. The second-order valence-electron chi connectivity index (χ2n) is 3.45. The molecule has 15 heavy (non-hydrogen) atoms. The van der Waals surface area contributed by atoms with E-state index < -0.39 is 0 Å². The van der Waals surface area contributed by atoms with Crippen LogP contribution in [-0.4, -0.2) is 29.9 Å². The van der Waals surface area contributed by atoms with Crippen LogP contribution in [0.1, 0.15) is 16.1 Å². The molecule has 1 fully saturated rings. The van der Waals surface area contributed by atoms with Crippen molar-refractivity contribution < 1.29 is 4.79 Å². The normalized spacial score (nSPS) is 21.5. The van der Waals surface area contributed by atoms with E-state index in [1.165, 1.54) is 11.3 Å². The van der Waals surface area contributed by atoms with E-state index in [0.29, 0.717) is 22.4 Å². The molecule has 1 aliphatic heterocycles. The highest BCUT2D eigenvalue weighted by Gasteiger charge is 2.19. The largest absolute Gasteiger partial charge is 0.312 e. The minimum absolute atomic E-state index is 0.162. The lowest BCUT2D eigenvalue weighted by Gasteiger charge is -2.22. The molecule has 0 aromatic carbocycles. The minimum Gasteiger partial charge on any atom is -0.312 e. The third-order valence-electron chi connectivity index (χ3n) is 2.30. The van der Waals surface area contributed by atoms with Crippen molar-refractivity contribution in [2.24, 2.45) is 0 Å². The second kappa shape index (κ2) is 5.34. The monoisotopic (exact) mass is 261 g/mol. The number of halogens is 1. The third-order valence-corrected chi connectivity index (χ3v) is 4.81. The van der Waals surface area contributed by atoms with Gasteiger partial charge in [-0.3, -0.25) is 4.79 Å². The quantitative estimate of drug-likeness (QED) is 0.849. The Morgan fingerprint density at radius 3 is 3.13 bits per heavy atom.